The van der Waals surface area contributed by atoms with Crippen molar-refractivity contribution in [1.82, 2.24) is 0 Å². The fraction of sp³-hybridized carbons (Fsp3) is 0.250. The van der Waals surface area contributed by atoms with Crippen LogP contribution < -0.4 is 10.4 Å². The smallest absolute Gasteiger partial charge is 0.339 e. The molecule has 0 radical (unpaired) electrons. The molecule has 0 fully saturated rings. The Balaban J connectivity index is 1.69. The van der Waals surface area contributed by atoms with E-state index in [1.807, 2.05) is 6.07 Å². The first-order valence-electron chi connectivity index (χ1n) is 8.27. The highest BCUT2D eigenvalue weighted by Crippen LogP contribution is 2.34. The van der Waals surface area contributed by atoms with Gasteiger partial charge in [0.05, 0.1) is 5.02 Å². The lowest BCUT2D eigenvalue weighted by molar-refractivity contribution is 0.306. The maximum atomic E-state index is 13.0. The number of hydrogen-bond donors (Lipinski definition) is 0. The molecule has 1 heterocycles. The van der Waals surface area contributed by atoms with Crippen molar-refractivity contribution in [1.29, 1.82) is 0 Å². The van der Waals surface area contributed by atoms with Crippen molar-refractivity contribution in [2.24, 2.45) is 0 Å². The van der Waals surface area contributed by atoms with E-state index in [4.69, 9.17) is 20.8 Å². The highest BCUT2D eigenvalue weighted by atomic mass is 35.5. The third kappa shape index (κ3) is 3.14. The van der Waals surface area contributed by atoms with Crippen molar-refractivity contribution in [3.05, 3.63) is 74.3 Å². The van der Waals surface area contributed by atoms with E-state index in [-0.39, 0.29) is 18.0 Å². The minimum Gasteiger partial charge on any atom is -0.487 e. The largest absolute Gasteiger partial charge is 0.487 e. The SMILES string of the molecule is O=c1oc2cc(OCc3ccc(F)cc3)c(Cl)cc2c2c1CCCC2. The second kappa shape index (κ2) is 6.52. The van der Waals surface area contributed by atoms with Crippen LogP contribution in [0.5, 0.6) is 5.75 Å². The van der Waals surface area contributed by atoms with E-state index >= 15 is 0 Å². The lowest BCUT2D eigenvalue weighted by atomic mass is 9.91. The van der Waals surface area contributed by atoms with Crippen LogP contribution in [0.4, 0.5) is 4.39 Å². The molecule has 3 nitrogen and oxygen atoms in total. The van der Waals surface area contributed by atoms with Crippen molar-refractivity contribution in [2.45, 2.75) is 32.3 Å². The van der Waals surface area contributed by atoms with Crippen LogP contribution in [0.25, 0.3) is 11.0 Å². The van der Waals surface area contributed by atoms with E-state index in [9.17, 15) is 9.18 Å². The molecule has 0 aliphatic heterocycles. The Labute approximate surface area is 149 Å². The van der Waals surface area contributed by atoms with Crippen molar-refractivity contribution in [3.8, 4) is 5.75 Å². The van der Waals surface area contributed by atoms with Crippen molar-refractivity contribution in [3.63, 3.8) is 0 Å². The van der Waals surface area contributed by atoms with Crippen LogP contribution in [0.15, 0.2) is 45.6 Å². The molecule has 3 aromatic rings. The molecular formula is C20H16ClFO3. The minimum atomic E-state index is -0.293. The first-order chi connectivity index (χ1) is 12.1. The molecule has 1 aliphatic carbocycles. The van der Waals surface area contributed by atoms with Crippen LogP contribution >= 0.6 is 11.6 Å². The molecule has 0 saturated carbocycles. The third-order valence-electron chi connectivity index (χ3n) is 4.58. The van der Waals surface area contributed by atoms with Crippen LogP contribution in [0.2, 0.25) is 5.02 Å². The van der Waals surface area contributed by atoms with Gasteiger partial charge in [0, 0.05) is 17.0 Å². The summed E-state index contributed by atoms with van der Waals surface area (Å²) in [6.07, 6.45) is 3.69. The van der Waals surface area contributed by atoms with Crippen molar-refractivity contribution in [2.75, 3.05) is 0 Å². The lowest BCUT2D eigenvalue weighted by Crippen LogP contribution is -2.15. The van der Waals surface area contributed by atoms with Gasteiger partial charge in [0.2, 0.25) is 0 Å². The first kappa shape index (κ1) is 16.2. The fourth-order valence-corrected chi connectivity index (χ4v) is 3.51. The second-order valence-electron chi connectivity index (χ2n) is 6.25. The lowest BCUT2D eigenvalue weighted by Gasteiger charge is -2.17. The maximum Gasteiger partial charge on any atom is 0.339 e. The number of fused-ring (bicyclic) bond motifs is 3. The van der Waals surface area contributed by atoms with Crippen LogP contribution in [0.3, 0.4) is 0 Å². The van der Waals surface area contributed by atoms with Gasteiger partial charge >= 0.3 is 5.63 Å². The zero-order valence-electron chi connectivity index (χ0n) is 13.5. The summed E-state index contributed by atoms with van der Waals surface area (Å²) in [5.41, 5.74) is 2.86. The molecule has 0 saturated heterocycles. The summed E-state index contributed by atoms with van der Waals surface area (Å²) >= 11 is 6.37. The molecule has 1 aromatic heterocycles. The number of ether oxygens (including phenoxy) is 1. The Bertz CT molecular complexity index is 992. The molecule has 4 rings (SSSR count). The van der Waals surface area contributed by atoms with Crippen LogP contribution in [-0.2, 0) is 19.4 Å². The standard InChI is InChI=1S/C20H16ClFO3/c21-17-9-16-14-3-1-2-4-15(14)20(23)25-18(16)10-19(17)24-11-12-5-7-13(22)8-6-12/h5-10H,1-4,11H2. The van der Waals surface area contributed by atoms with Gasteiger partial charge in [-0.15, -0.1) is 0 Å². The molecular weight excluding hydrogens is 343 g/mol. The summed E-state index contributed by atoms with van der Waals surface area (Å²) in [5, 5.41) is 1.35. The minimum absolute atomic E-state index is 0.251. The Kier molecular flexibility index (Phi) is 4.22. The van der Waals surface area contributed by atoms with E-state index in [2.05, 4.69) is 0 Å². The van der Waals surface area contributed by atoms with Gasteiger partial charge in [-0.1, -0.05) is 23.7 Å². The summed E-state index contributed by atoms with van der Waals surface area (Å²) in [5.74, 6) is 0.149. The molecule has 128 valence electrons. The van der Waals surface area contributed by atoms with E-state index in [1.54, 1.807) is 18.2 Å². The van der Waals surface area contributed by atoms with Gasteiger partial charge in [0.15, 0.2) is 0 Å². The third-order valence-corrected chi connectivity index (χ3v) is 4.88. The van der Waals surface area contributed by atoms with E-state index in [1.165, 1.54) is 12.1 Å². The summed E-state index contributed by atoms with van der Waals surface area (Å²) in [6.45, 7) is 0.251. The molecule has 5 heteroatoms. The molecule has 0 unspecified atom stereocenters. The van der Waals surface area contributed by atoms with E-state index in [0.29, 0.717) is 16.4 Å². The molecule has 2 aromatic carbocycles. The summed E-state index contributed by atoms with van der Waals surface area (Å²) in [4.78, 5) is 12.2. The van der Waals surface area contributed by atoms with Gasteiger partial charge < -0.3 is 9.15 Å². The highest BCUT2D eigenvalue weighted by molar-refractivity contribution is 6.32. The van der Waals surface area contributed by atoms with Gasteiger partial charge in [-0.3, -0.25) is 0 Å². The highest BCUT2D eigenvalue weighted by Gasteiger charge is 2.19. The Morgan fingerprint density at radius 1 is 1.08 bits per heavy atom. The first-order valence-corrected chi connectivity index (χ1v) is 8.65. The van der Waals surface area contributed by atoms with Crippen LogP contribution in [0.1, 0.15) is 29.5 Å². The molecule has 1 aliphatic rings. The number of benzene rings is 2. The Morgan fingerprint density at radius 2 is 1.80 bits per heavy atom. The quantitative estimate of drug-likeness (QED) is 0.615. The Morgan fingerprint density at radius 3 is 2.56 bits per heavy atom. The van der Waals surface area contributed by atoms with Gasteiger partial charge in [0.1, 0.15) is 23.8 Å². The summed E-state index contributed by atoms with van der Waals surface area (Å²) < 4.78 is 24.2. The van der Waals surface area contributed by atoms with Gasteiger partial charge in [-0.2, -0.15) is 0 Å². The van der Waals surface area contributed by atoms with E-state index in [0.717, 1.165) is 47.8 Å². The van der Waals surface area contributed by atoms with Crippen LogP contribution in [-0.4, -0.2) is 0 Å². The molecule has 0 atom stereocenters. The van der Waals surface area contributed by atoms with Crippen molar-refractivity contribution < 1.29 is 13.5 Å². The molecule has 0 bridgehead atoms. The van der Waals surface area contributed by atoms with Crippen LogP contribution in [0, 0.1) is 5.82 Å². The van der Waals surface area contributed by atoms with Gasteiger partial charge in [-0.25, -0.2) is 9.18 Å². The second-order valence-corrected chi connectivity index (χ2v) is 6.65. The predicted molar refractivity (Wildman–Crippen MR) is 94.9 cm³/mol. The number of hydrogen-bond acceptors (Lipinski definition) is 3. The van der Waals surface area contributed by atoms with Crippen molar-refractivity contribution >= 4 is 22.6 Å². The summed E-state index contributed by atoms with van der Waals surface area (Å²) in [6, 6.07) is 9.54. The number of rotatable bonds is 3. The molecule has 0 spiro atoms. The number of halogens is 2. The zero-order valence-corrected chi connectivity index (χ0v) is 14.2. The predicted octanol–water partition coefficient (Wildman–Crippen LogP) is 5.04. The molecule has 0 amide bonds. The normalized spacial score (nSPS) is 13.7. The average molecular weight is 359 g/mol. The number of aryl methyl sites for hydroxylation is 1. The summed E-state index contributed by atoms with van der Waals surface area (Å²) in [7, 11) is 0. The molecule has 25 heavy (non-hydrogen) atoms. The zero-order chi connectivity index (χ0) is 17.4. The van der Waals surface area contributed by atoms with E-state index < -0.39 is 0 Å². The van der Waals surface area contributed by atoms with Gasteiger partial charge in [-0.05, 0) is 55.0 Å². The molecule has 0 N–H and O–H groups in total. The monoisotopic (exact) mass is 358 g/mol. The average Bonchev–Trinajstić information content (AvgIpc) is 2.62. The Hall–Kier alpha value is -2.33. The van der Waals surface area contributed by atoms with Gasteiger partial charge in [0.25, 0.3) is 0 Å². The topological polar surface area (TPSA) is 39.4 Å². The maximum absolute atomic E-state index is 13.0. The fourth-order valence-electron chi connectivity index (χ4n) is 3.30.